The lowest BCUT2D eigenvalue weighted by Gasteiger charge is -2.15. The van der Waals surface area contributed by atoms with Crippen LogP contribution in [-0.4, -0.2) is 31.7 Å². The second-order valence-corrected chi connectivity index (χ2v) is 10.0. The predicted molar refractivity (Wildman–Crippen MR) is 110 cm³/mol. The summed E-state index contributed by atoms with van der Waals surface area (Å²) in [6.07, 6.45) is 0.419. The maximum atomic E-state index is 12.4. The highest BCUT2D eigenvalue weighted by molar-refractivity contribution is 9.10. The van der Waals surface area contributed by atoms with E-state index in [1.165, 1.54) is 17.4 Å². The summed E-state index contributed by atoms with van der Waals surface area (Å²) in [6.45, 7) is 3.61. The lowest BCUT2D eigenvalue weighted by Crippen LogP contribution is -2.30. The molecule has 3 rings (SSSR count). The maximum Gasteiger partial charge on any atom is 0.266 e. The summed E-state index contributed by atoms with van der Waals surface area (Å²) in [5.41, 5.74) is 1.70. The number of hydrogen-bond acceptors (Lipinski definition) is 6. The van der Waals surface area contributed by atoms with Crippen LogP contribution in [0.3, 0.4) is 0 Å². The molecule has 0 saturated heterocycles. The summed E-state index contributed by atoms with van der Waals surface area (Å²) in [6, 6.07) is 10.3. The van der Waals surface area contributed by atoms with E-state index in [1.54, 1.807) is 25.1 Å². The first-order valence-electron chi connectivity index (χ1n) is 7.98. The minimum absolute atomic E-state index is 0.220. The van der Waals surface area contributed by atoms with E-state index < -0.39 is 15.9 Å². The Balaban J connectivity index is 1.75. The molecule has 0 aliphatic heterocycles. The minimum Gasteiger partial charge on any atom is -0.480 e. The van der Waals surface area contributed by atoms with Crippen molar-refractivity contribution < 1.29 is 17.9 Å². The van der Waals surface area contributed by atoms with Gasteiger partial charge in [0, 0.05) is 6.26 Å². The lowest BCUT2D eigenvalue weighted by atomic mass is 10.2. The van der Waals surface area contributed by atoms with Crippen molar-refractivity contribution in [3.05, 3.63) is 46.4 Å². The van der Waals surface area contributed by atoms with Crippen molar-refractivity contribution in [3.63, 3.8) is 0 Å². The maximum absolute atomic E-state index is 12.4. The molecule has 6 nitrogen and oxygen atoms in total. The van der Waals surface area contributed by atoms with Gasteiger partial charge in [0.25, 0.3) is 5.91 Å². The molecule has 1 unspecified atom stereocenters. The summed E-state index contributed by atoms with van der Waals surface area (Å²) in [5.74, 6) is 0.232. The minimum atomic E-state index is -3.30. The van der Waals surface area contributed by atoms with E-state index in [1.807, 2.05) is 19.1 Å². The number of nitrogens with zero attached hydrogens (tertiary/aromatic N) is 1. The Kier molecular flexibility index (Phi) is 5.55. The first-order valence-corrected chi connectivity index (χ1v) is 11.5. The van der Waals surface area contributed by atoms with Crippen molar-refractivity contribution in [1.29, 1.82) is 0 Å². The first kappa shape index (κ1) is 19.8. The van der Waals surface area contributed by atoms with Crippen molar-refractivity contribution in [3.8, 4) is 5.75 Å². The average molecular weight is 469 g/mol. The quantitative estimate of drug-likeness (QED) is 0.606. The fourth-order valence-corrected chi connectivity index (χ4v) is 4.56. The van der Waals surface area contributed by atoms with Crippen LogP contribution in [0.4, 0.5) is 5.13 Å². The lowest BCUT2D eigenvalue weighted by molar-refractivity contribution is -0.122. The molecule has 0 aliphatic rings. The number of rotatable bonds is 5. The third-order valence-electron chi connectivity index (χ3n) is 3.78. The van der Waals surface area contributed by atoms with Gasteiger partial charge in [-0.25, -0.2) is 13.4 Å². The van der Waals surface area contributed by atoms with Gasteiger partial charge in [0.1, 0.15) is 5.75 Å². The number of fused-ring (bicyclic) bond motifs is 1. The molecule has 1 aromatic heterocycles. The predicted octanol–water partition coefficient (Wildman–Crippen LogP) is 4.18. The smallest absolute Gasteiger partial charge is 0.266 e. The van der Waals surface area contributed by atoms with Crippen molar-refractivity contribution in [2.24, 2.45) is 0 Å². The number of anilines is 1. The number of aromatic nitrogens is 1. The molecule has 1 N–H and O–H groups in total. The number of hydrogen-bond donors (Lipinski definition) is 1. The third-order valence-corrected chi connectivity index (χ3v) is 6.44. The van der Waals surface area contributed by atoms with Gasteiger partial charge in [-0.15, -0.1) is 0 Å². The number of benzene rings is 2. The number of ether oxygens (including phenoxy) is 1. The monoisotopic (exact) mass is 468 g/mol. The van der Waals surface area contributed by atoms with E-state index in [-0.39, 0.29) is 10.8 Å². The van der Waals surface area contributed by atoms with Crippen LogP contribution in [0.1, 0.15) is 12.5 Å². The van der Waals surface area contributed by atoms with Crippen LogP contribution in [0.5, 0.6) is 5.75 Å². The van der Waals surface area contributed by atoms with Gasteiger partial charge in [-0.1, -0.05) is 17.4 Å². The van der Waals surface area contributed by atoms with Crippen molar-refractivity contribution >= 4 is 58.4 Å². The molecule has 1 amide bonds. The van der Waals surface area contributed by atoms with Gasteiger partial charge < -0.3 is 4.74 Å². The highest BCUT2D eigenvalue weighted by Crippen LogP contribution is 2.29. The van der Waals surface area contributed by atoms with Crippen LogP contribution in [0.25, 0.3) is 10.2 Å². The molecular formula is C18H17BrN2O4S2. The van der Waals surface area contributed by atoms with Crippen molar-refractivity contribution in [2.75, 3.05) is 11.6 Å². The van der Waals surface area contributed by atoms with E-state index >= 15 is 0 Å². The van der Waals surface area contributed by atoms with Crippen LogP contribution < -0.4 is 10.1 Å². The van der Waals surface area contributed by atoms with E-state index in [2.05, 4.69) is 26.2 Å². The Bertz CT molecular complexity index is 1130. The Morgan fingerprint density at radius 1 is 1.26 bits per heavy atom. The molecular weight excluding hydrogens is 452 g/mol. The molecule has 0 radical (unpaired) electrons. The normalized spacial score (nSPS) is 12.7. The molecule has 0 saturated carbocycles. The third kappa shape index (κ3) is 4.66. The number of halogens is 1. The van der Waals surface area contributed by atoms with Gasteiger partial charge in [0.05, 0.1) is 19.6 Å². The second-order valence-electron chi connectivity index (χ2n) is 6.10. The number of nitrogens with one attached hydrogen (secondary N) is 1. The summed E-state index contributed by atoms with van der Waals surface area (Å²) in [4.78, 5) is 17.0. The van der Waals surface area contributed by atoms with E-state index in [0.717, 1.165) is 16.3 Å². The van der Waals surface area contributed by atoms with Crippen molar-refractivity contribution in [2.45, 2.75) is 24.8 Å². The standard InChI is InChI=1S/C18H17BrN2O4S2/c1-10-4-7-15(13(19)8-10)25-11(2)17(22)21-18-20-14-6-5-12(27(3,23)24)9-16(14)26-18/h4-9,11H,1-3H3,(H,20,21,22). The Morgan fingerprint density at radius 2 is 2.00 bits per heavy atom. The summed E-state index contributed by atoms with van der Waals surface area (Å²) < 4.78 is 30.5. The van der Waals surface area contributed by atoms with Gasteiger partial charge in [0.2, 0.25) is 0 Å². The number of sulfone groups is 1. The van der Waals surface area contributed by atoms with Crippen LogP contribution >= 0.6 is 27.3 Å². The Morgan fingerprint density at radius 3 is 2.67 bits per heavy atom. The van der Waals surface area contributed by atoms with Crippen LogP contribution in [0.2, 0.25) is 0 Å². The molecule has 27 heavy (non-hydrogen) atoms. The number of carbonyl (C=O) groups excluding carboxylic acids is 1. The first-order chi connectivity index (χ1) is 12.6. The van der Waals surface area contributed by atoms with E-state index in [9.17, 15) is 13.2 Å². The second kappa shape index (κ2) is 7.57. The van der Waals surface area contributed by atoms with Gasteiger partial charge in [-0.2, -0.15) is 0 Å². The fourth-order valence-electron chi connectivity index (χ4n) is 2.34. The van der Waals surface area contributed by atoms with E-state index in [0.29, 0.717) is 21.1 Å². The molecule has 142 valence electrons. The zero-order valence-corrected chi connectivity index (χ0v) is 18.0. The molecule has 0 fully saturated rings. The highest BCUT2D eigenvalue weighted by Gasteiger charge is 2.18. The molecule has 0 spiro atoms. The number of carbonyl (C=O) groups is 1. The Labute approximate surface area is 169 Å². The molecule has 0 bridgehead atoms. The molecule has 1 heterocycles. The van der Waals surface area contributed by atoms with E-state index in [4.69, 9.17) is 4.74 Å². The summed E-state index contributed by atoms with van der Waals surface area (Å²) in [7, 11) is -3.30. The highest BCUT2D eigenvalue weighted by atomic mass is 79.9. The fraction of sp³-hybridized carbons (Fsp3) is 0.222. The van der Waals surface area contributed by atoms with Gasteiger partial charge in [0.15, 0.2) is 21.1 Å². The largest absolute Gasteiger partial charge is 0.480 e. The van der Waals surface area contributed by atoms with Gasteiger partial charge in [-0.3, -0.25) is 10.1 Å². The molecule has 2 aromatic carbocycles. The molecule has 9 heteroatoms. The molecule has 1 atom stereocenters. The Hall–Kier alpha value is -1.97. The molecule has 3 aromatic rings. The van der Waals surface area contributed by atoms with Crippen LogP contribution in [-0.2, 0) is 14.6 Å². The topological polar surface area (TPSA) is 85.4 Å². The molecule has 0 aliphatic carbocycles. The van der Waals surface area contributed by atoms with Crippen LogP contribution in [0, 0.1) is 6.92 Å². The number of aryl methyl sites for hydroxylation is 1. The average Bonchev–Trinajstić information content (AvgIpc) is 2.97. The summed E-state index contributed by atoms with van der Waals surface area (Å²) >= 11 is 4.63. The zero-order chi connectivity index (χ0) is 19.8. The van der Waals surface area contributed by atoms with Crippen LogP contribution in [0.15, 0.2) is 45.8 Å². The number of amides is 1. The van der Waals surface area contributed by atoms with Gasteiger partial charge >= 0.3 is 0 Å². The zero-order valence-electron chi connectivity index (χ0n) is 14.8. The number of thiazole rings is 1. The SMILES string of the molecule is Cc1ccc(OC(C)C(=O)Nc2nc3ccc(S(C)(=O)=O)cc3s2)c(Br)c1. The summed E-state index contributed by atoms with van der Waals surface area (Å²) in [5, 5.41) is 3.11. The van der Waals surface area contributed by atoms with Gasteiger partial charge in [-0.05, 0) is 65.7 Å². The van der Waals surface area contributed by atoms with Crippen molar-refractivity contribution in [1.82, 2.24) is 4.98 Å².